The SMILES string of the molecule is CC/C=C\C/C=C\C/C=C\C/C=C\CCC(CCCCCCCC(=O)NCC(=O)NC(CO)C(=O)O)OC(=O)CCCCCCC/C=C\CCCCCCC. The van der Waals surface area contributed by atoms with Gasteiger partial charge in [-0.25, -0.2) is 4.79 Å². The third kappa shape index (κ3) is 37.2. The molecule has 0 bridgehead atoms. The molecule has 0 aliphatic heterocycles. The van der Waals surface area contributed by atoms with Gasteiger partial charge in [0.2, 0.25) is 11.8 Å². The van der Waals surface area contributed by atoms with Crippen LogP contribution in [0.3, 0.4) is 0 Å². The first-order chi connectivity index (χ1) is 26.8. The molecule has 0 aromatic rings. The number of hydrogen-bond acceptors (Lipinski definition) is 6. The van der Waals surface area contributed by atoms with Gasteiger partial charge in [0, 0.05) is 12.8 Å². The van der Waals surface area contributed by atoms with E-state index in [1.54, 1.807) is 0 Å². The number of nitrogens with one attached hydrogen (secondary N) is 2. The third-order valence-corrected chi connectivity index (χ3v) is 9.26. The van der Waals surface area contributed by atoms with Gasteiger partial charge in [0.1, 0.15) is 12.1 Å². The fourth-order valence-electron chi connectivity index (χ4n) is 5.94. The maximum Gasteiger partial charge on any atom is 0.328 e. The fraction of sp³-hybridized carbons (Fsp3) is 0.696. The Hall–Kier alpha value is -3.46. The van der Waals surface area contributed by atoms with Crippen molar-refractivity contribution < 1.29 is 34.1 Å². The third-order valence-electron chi connectivity index (χ3n) is 9.26. The highest BCUT2D eigenvalue weighted by atomic mass is 16.5. The Morgan fingerprint density at radius 2 is 1.07 bits per heavy atom. The summed E-state index contributed by atoms with van der Waals surface area (Å²) in [5.41, 5.74) is 0. The molecule has 0 aromatic heterocycles. The van der Waals surface area contributed by atoms with E-state index < -0.39 is 24.5 Å². The van der Waals surface area contributed by atoms with Crippen LogP contribution in [0.4, 0.5) is 0 Å². The molecule has 0 fully saturated rings. The first-order valence-corrected chi connectivity index (χ1v) is 21.7. The van der Waals surface area contributed by atoms with Crippen molar-refractivity contribution in [2.75, 3.05) is 13.2 Å². The summed E-state index contributed by atoms with van der Waals surface area (Å²) >= 11 is 0. The highest BCUT2D eigenvalue weighted by Gasteiger charge is 2.19. The van der Waals surface area contributed by atoms with Gasteiger partial charge in [-0.15, -0.1) is 0 Å². The molecule has 2 amide bonds. The van der Waals surface area contributed by atoms with E-state index in [2.05, 4.69) is 85.2 Å². The van der Waals surface area contributed by atoms with E-state index in [1.807, 2.05) is 0 Å². The minimum atomic E-state index is -1.39. The summed E-state index contributed by atoms with van der Waals surface area (Å²) in [6, 6.07) is -1.39. The molecular weight excluding hydrogens is 693 g/mol. The monoisotopic (exact) mass is 771 g/mol. The number of amides is 2. The van der Waals surface area contributed by atoms with Gasteiger partial charge in [-0.2, -0.15) is 0 Å². The number of ether oxygens (including phenoxy) is 1. The largest absolute Gasteiger partial charge is 0.480 e. The number of aliphatic carboxylic acids is 1. The van der Waals surface area contributed by atoms with Crippen molar-refractivity contribution in [3.8, 4) is 0 Å². The lowest BCUT2D eigenvalue weighted by atomic mass is 10.0. The molecule has 0 heterocycles. The van der Waals surface area contributed by atoms with Crippen LogP contribution < -0.4 is 10.6 Å². The van der Waals surface area contributed by atoms with Crippen LogP contribution in [-0.2, 0) is 23.9 Å². The molecule has 2 unspecified atom stereocenters. The minimum Gasteiger partial charge on any atom is -0.480 e. The topological polar surface area (TPSA) is 142 Å². The van der Waals surface area contributed by atoms with Gasteiger partial charge in [-0.1, -0.05) is 139 Å². The van der Waals surface area contributed by atoms with Crippen molar-refractivity contribution in [1.82, 2.24) is 10.6 Å². The number of allylic oxidation sites excluding steroid dienone is 10. The highest BCUT2D eigenvalue weighted by molar-refractivity contribution is 5.87. The summed E-state index contributed by atoms with van der Waals surface area (Å²) in [5, 5.41) is 22.5. The van der Waals surface area contributed by atoms with Crippen LogP contribution in [0.15, 0.2) is 60.8 Å². The molecule has 0 rings (SSSR count). The fourth-order valence-corrected chi connectivity index (χ4v) is 5.94. The van der Waals surface area contributed by atoms with Crippen molar-refractivity contribution in [1.29, 1.82) is 0 Å². The number of hydrogen-bond donors (Lipinski definition) is 4. The Morgan fingerprint density at radius 1 is 0.564 bits per heavy atom. The van der Waals surface area contributed by atoms with Gasteiger partial charge >= 0.3 is 11.9 Å². The van der Waals surface area contributed by atoms with E-state index in [4.69, 9.17) is 14.9 Å². The van der Waals surface area contributed by atoms with E-state index in [0.29, 0.717) is 12.8 Å². The number of carboxylic acids is 1. The predicted molar refractivity (Wildman–Crippen MR) is 227 cm³/mol. The lowest BCUT2D eigenvalue weighted by Gasteiger charge is -2.17. The van der Waals surface area contributed by atoms with Crippen LogP contribution in [0.5, 0.6) is 0 Å². The van der Waals surface area contributed by atoms with E-state index >= 15 is 0 Å². The molecule has 314 valence electrons. The molecule has 9 nitrogen and oxygen atoms in total. The van der Waals surface area contributed by atoms with Gasteiger partial charge < -0.3 is 25.6 Å². The van der Waals surface area contributed by atoms with Crippen molar-refractivity contribution in [2.45, 2.75) is 193 Å². The molecule has 0 saturated carbocycles. The summed E-state index contributed by atoms with van der Waals surface area (Å²) in [6.45, 7) is 3.34. The van der Waals surface area contributed by atoms with Gasteiger partial charge in [0.05, 0.1) is 13.2 Å². The minimum absolute atomic E-state index is 0.0911. The van der Waals surface area contributed by atoms with E-state index in [0.717, 1.165) is 96.3 Å². The van der Waals surface area contributed by atoms with E-state index in [1.165, 1.54) is 51.4 Å². The Balaban J connectivity index is 4.45. The zero-order valence-electron chi connectivity index (χ0n) is 34.7. The normalized spacial score (nSPS) is 13.1. The van der Waals surface area contributed by atoms with Crippen LogP contribution in [0.25, 0.3) is 0 Å². The molecule has 2 atom stereocenters. The van der Waals surface area contributed by atoms with Crippen LogP contribution in [0, 0.1) is 0 Å². The first-order valence-electron chi connectivity index (χ1n) is 21.7. The van der Waals surface area contributed by atoms with Crippen molar-refractivity contribution >= 4 is 23.8 Å². The second-order valence-corrected chi connectivity index (χ2v) is 14.4. The number of aliphatic hydroxyl groups is 1. The maximum atomic E-state index is 12.8. The average molecular weight is 771 g/mol. The molecule has 0 aromatic carbocycles. The lowest BCUT2D eigenvalue weighted by Crippen LogP contribution is -2.47. The summed E-state index contributed by atoms with van der Waals surface area (Å²) in [5.74, 6) is -2.36. The molecule has 0 spiro atoms. The molecule has 0 saturated heterocycles. The molecule has 9 heteroatoms. The standard InChI is InChI=1S/C46H78N2O7/c1-3-5-7-9-11-13-15-17-19-21-23-25-30-34-38-45(52)55-41(35-31-27-24-22-20-18-16-14-12-10-8-6-4-2)36-32-28-26-29-33-37-43(50)47-39-44(51)48-42(40-49)46(53)54/h6,8,12,14-15,17-18,20,24,27,41-42,49H,3-5,7,9-11,13,16,19,21-23,25-26,28-40H2,1-2H3,(H,47,50)(H,48,51)(H,53,54)/b8-6-,14-12-,17-15-,20-18-,27-24-. The average Bonchev–Trinajstić information content (AvgIpc) is 3.17. The summed E-state index contributed by atoms with van der Waals surface area (Å²) in [6.07, 6.45) is 48.2. The molecular formula is C46H78N2O7. The Kier molecular flexibility index (Phi) is 37.7. The van der Waals surface area contributed by atoms with E-state index in [-0.39, 0.29) is 30.9 Å². The number of aliphatic hydroxyl groups excluding tert-OH is 1. The van der Waals surface area contributed by atoms with Crippen LogP contribution in [0.2, 0.25) is 0 Å². The van der Waals surface area contributed by atoms with Crippen LogP contribution >= 0.6 is 0 Å². The Labute approximate surface area is 334 Å². The smallest absolute Gasteiger partial charge is 0.328 e. The number of carbonyl (C=O) groups is 4. The highest BCUT2D eigenvalue weighted by Crippen LogP contribution is 2.17. The van der Waals surface area contributed by atoms with Crippen molar-refractivity contribution in [3.63, 3.8) is 0 Å². The molecule has 0 aliphatic rings. The van der Waals surface area contributed by atoms with Crippen LogP contribution in [-0.4, -0.2) is 59.3 Å². The quantitative estimate of drug-likeness (QED) is 0.0278. The lowest BCUT2D eigenvalue weighted by molar-refractivity contribution is -0.150. The molecule has 0 radical (unpaired) electrons. The Bertz CT molecular complexity index is 1110. The van der Waals surface area contributed by atoms with E-state index in [9.17, 15) is 19.2 Å². The number of carbonyl (C=O) groups excluding carboxylic acids is 3. The zero-order valence-corrected chi connectivity index (χ0v) is 34.7. The van der Waals surface area contributed by atoms with Crippen LogP contribution in [0.1, 0.15) is 181 Å². The summed E-state index contributed by atoms with van der Waals surface area (Å²) < 4.78 is 5.98. The summed E-state index contributed by atoms with van der Waals surface area (Å²) in [4.78, 5) is 47.6. The molecule has 4 N–H and O–H groups in total. The van der Waals surface area contributed by atoms with Gasteiger partial charge in [-0.3, -0.25) is 14.4 Å². The summed E-state index contributed by atoms with van der Waals surface area (Å²) in [7, 11) is 0. The second-order valence-electron chi connectivity index (χ2n) is 14.4. The maximum absolute atomic E-state index is 12.8. The van der Waals surface area contributed by atoms with Crippen molar-refractivity contribution in [2.24, 2.45) is 0 Å². The Morgan fingerprint density at radius 3 is 1.65 bits per heavy atom. The second kappa shape index (κ2) is 40.2. The number of unbranched alkanes of at least 4 members (excludes halogenated alkanes) is 14. The number of carboxylic acid groups (broad SMARTS) is 1. The van der Waals surface area contributed by atoms with Crippen molar-refractivity contribution in [3.05, 3.63) is 60.8 Å². The van der Waals surface area contributed by atoms with Gasteiger partial charge in [0.15, 0.2) is 0 Å². The first kappa shape index (κ1) is 51.5. The number of rotatable bonds is 38. The number of esters is 1. The van der Waals surface area contributed by atoms with Gasteiger partial charge in [0.25, 0.3) is 0 Å². The van der Waals surface area contributed by atoms with Gasteiger partial charge in [-0.05, 0) is 89.9 Å². The molecule has 0 aliphatic carbocycles. The molecule has 55 heavy (non-hydrogen) atoms. The predicted octanol–water partition coefficient (Wildman–Crippen LogP) is 10.5. The zero-order chi connectivity index (χ0) is 40.5.